The second-order valence-corrected chi connectivity index (χ2v) is 5.66. The van der Waals surface area contributed by atoms with Crippen LogP contribution in [0.5, 0.6) is 0 Å². The molecule has 0 aromatic carbocycles. The summed E-state index contributed by atoms with van der Waals surface area (Å²) in [7, 11) is 0. The lowest BCUT2D eigenvalue weighted by Crippen LogP contribution is -2.30. The highest BCUT2D eigenvalue weighted by Crippen LogP contribution is 2.16. The quantitative estimate of drug-likeness (QED) is 0.244. The van der Waals surface area contributed by atoms with Gasteiger partial charge in [-0.3, -0.25) is 14.9 Å². The Balaban J connectivity index is 2.83. The van der Waals surface area contributed by atoms with Gasteiger partial charge in [0, 0.05) is 23.6 Å². The van der Waals surface area contributed by atoms with Crippen molar-refractivity contribution in [3.63, 3.8) is 0 Å². The van der Waals surface area contributed by atoms with Crippen LogP contribution in [0, 0.1) is 10.1 Å². The molecule has 2 N–H and O–H groups in total. The van der Waals surface area contributed by atoms with E-state index in [-0.39, 0.29) is 18.2 Å². The summed E-state index contributed by atoms with van der Waals surface area (Å²) in [4.78, 5) is 26.8. The number of aromatic nitrogens is 1. The molecule has 0 fully saturated rings. The van der Waals surface area contributed by atoms with Crippen LogP contribution in [0.2, 0.25) is 0 Å². The predicted molar refractivity (Wildman–Crippen MR) is 92.4 cm³/mol. The maximum absolute atomic E-state index is 12.2. The largest absolute Gasteiger partial charge is 0.411 e. The molecule has 1 amide bonds. The molecule has 0 saturated carbocycles. The Morgan fingerprint density at radius 1 is 1.62 bits per heavy atom. The first-order valence-corrected chi connectivity index (χ1v) is 8.49. The summed E-state index contributed by atoms with van der Waals surface area (Å²) in [5.41, 5.74) is 1.07. The third kappa shape index (κ3) is 5.34. The SMILES string of the molecule is CC/C(=C\C(CNC(=O)c1cccnc1SC)=N/O)C(C)[N+](=O)[O-]. The van der Waals surface area contributed by atoms with E-state index in [1.807, 2.05) is 6.26 Å². The molecule has 0 aliphatic heterocycles. The van der Waals surface area contributed by atoms with Crippen LogP contribution >= 0.6 is 11.8 Å². The van der Waals surface area contributed by atoms with Crippen molar-refractivity contribution in [2.45, 2.75) is 31.3 Å². The van der Waals surface area contributed by atoms with Gasteiger partial charge in [-0.2, -0.15) is 0 Å². The van der Waals surface area contributed by atoms with E-state index in [1.165, 1.54) is 24.8 Å². The number of amides is 1. The minimum Gasteiger partial charge on any atom is -0.411 e. The van der Waals surface area contributed by atoms with Gasteiger partial charge >= 0.3 is 0 Å². The fraction of sp³-hybridized carbons (Fsp3) is 0.400. The van der Waals surface area contributed by atoms with Crippen molar-refractivity contribution >= 4 is 23.4 Å². The van der Waals surface area contributed by atoms with Crippen molar-refractivity contribution in [2.75, 3.05) is 12.8 Å². The number of carbonyl (C=O) groups excluding carboxylic acids is 1. The highest BCUT2D eigenvalue weighted by atomic mass is 32.2. The van der Waals surface area contributed by atoms with Gasteiger partial charge in [-0.15, -0.1) is 11.8 Å². The maximum Gasteiger partial charge on any atom is 0.254 e. The minimum absolute atomic E-state index is 0.0496. The molecule has 24 heavy (non-hydrogen) atoms. The Kier molecular flexibility index (Phi) is 7.90. The fourth-order valence-electron chi connectivity index (χ4n) is 1.98. The summed E-state index contributed by atoms with van der Waals surface area (Å²) in [5, 5.41) is 26.3. The first kappa shape index (κ1) is 19.6. The van der Waals surface area contributed by atoms with Gasteiger partial charge < -0.3 is 10.5 Å². The number of thioether (sulfide) groups is 1. The van der Waals surface area contributed by atoms with Crippen molar-refractivity contribution < 1.29 is 14.9 Å². The number of oxime groups is 1. The van der Waals surface area contributed by atoms with Crippen molar-refractivity contribution in [1.82, 2.24) is 10.3 Å². The molecule has 0 radical (unpaired) electrons. The molecule has 0 aliphatic carbocycles. The Morgan fingerprint density at radius 2 is 2.33 bits per heavy atom. The lowest BCUT2D eigenvalue weighted by molar-refractivity contribution is -0.507. The minimum atomic E-state index is -0.885. The van der Waals surface area contributed by atoms with Crippen LogP contribution in [-0.2, 0) is 0 Å². The molecule has 0 bridgehead atoms. The summed E-state index contributed by atoms with van der Waals surface area (Å²) in [6, 6.07) is 2.42. The molecular weight excluding hydrogens is 332 g/mol. The molecule has 1 aromatic rings. The summed E-state index contributed by atoms with van der Waals surface area (Å²) < 4.78 is 0. The lowest BCUT2D eigenvalue weighted by Gasteiger charge is -2.09. The Labute approximate surface area is 144 Å². The topological polar surface area (TPSA) is 118 Å². The number of pyridine rings is 1. The first-order valence-electron chi connectivity index (χ1n) is 7.26. The fourth-order valence-corrected chi connectivity index (χ4v) is 2.52. The van der Waals surface area contributed by atoms with E-state index >= 15 is 0 Å². The van der Waals surface area contributed by atoms with E-state index < -0.39 is 11.0 Å². The van der Waals surface area contributed by atoms with Crippen LogP contribution < -0.4 is 5.32 Å². The summed E-state index contributed by atoms with van der Waals surface area (Å²) in [5.74, 6) is -0.359. The average Bonchev–Trinajstić information content (AvgIpc) is 2.61. The summed E-state index contributed by atoms with van der Waals surface area (Å²) >= 11 is 1.35. The highest BCUT2D eigenvalue weighted by molar-refractivity contribution is 7.98. The van der Waals surface area contributed by atoms with E-state index in [9.17, 15) is 14.9 Å². The number of hydrogen-bond donors (Lipinski definition) is 2. The Hall–Kier alpha value is -2.42. The van der Waals surface area contributed by atoms with Crippen LogP contribution in [0.1, 0.15) is 30.6 Å². The predicted octanol–water partition coefficient (Wildman–Crippen LogP) is 2.37. The molecule has 1 heterocycles. The smallest absolute Gasteiger partial charge is 0.254 e. The molecule has 9 heteroatoms. The molecule has 130 valence electrons. The Morgan fingerprint density at radius 3 is 2.88 bits per heavy atom. The number of carbonyl (C=O) groups is 1. The van der Waals surface area contributed by atoms with Crippen LogP contribution in [0.3, 0.4) is 0 Å². The number of nitro groups is 1. The third-order valence-electron chi connectivity index (χ3n) is 3.38. The summed E-state index contributed by atoms with van der Waals surface area (Å²) in [6.45, 7) is 3.19. The molecule has 1 atom stereocenters. The van der Waals surface area contributed by atoms with E-state index in [2.05, 4.69) is 15.5 Å². The van der Waals surface area contributed by atoms with E-state index in [0.29, 0.717) is 22.6 Å². The average molecular weight is 352 g/mol. The monoisotopic (exact) mass is 352 g/mol. The highest BCUT2D eigenvalue weighted by Gasteiger charge is 2.19. The van der Waals surface area contributed by atoms with E-state index in [0.717, 1.165) is 0 Å². The van der Waals surface area contributed by atoms with Crippen molar-refractivity contribution in [1.29, 1.82) is 0 Å². The molecule has 8 nitrogen and oxygen atoms in total. The number of hydrogen-bond acceptors (Lipinski definition) is 7. The zero-order valence-corrected chi connectivity index (χ0v) is 14.5. The van der Waals surface area contributed by atoms with Crippen molar-refractivity contribution in [3.8, 4) is 0 Å². The Bertz CT molecular complexity index is 661. The second kappa shape index (κ2) is 9.66. The van der Waals surface area contributed by atoms with E-state index in [1.54, 1.807) is 25.3 Å². The van der Waals surface area contributed by atoms with Gasteiger partial charge in [-0.05, 0) is 30.9 Å². The third-order valence-corrected chi connectivity index (χ3v) is 4.09. The zero-order valence-electron chi connectivity index (χ0n) is 13.7. The van der Waals surface area contributed by atoms with Crippen molar-refractivity contribution in [2.24, 2.45) is 5.16 Å². The number of nitrogens with zero attached hydrogens (tertiary/aromatic N) is 3. The van der Waals surface area contributed by atoms with Crippen LogP contribution in [0.15, 0.2) is 40.2 Å². The first-order chi connectivity index (χ1) is 11.4. The number of nitrogens with one attached hydrogen (secondary N) is 1. The number of rotatable bonds is 8. The maximum atomic E-state index is 12.2. The second-order valence-electron chi connectivity index (χ2n) is 4.87. The molecule has 1 unspecified atom stereocenters. The van der Waals surface area contributed by atoms with Gasteiger partial charge in [0.25, 0.3) is 5.91 Å². The molecule has 1 rings (SSSR count). The molecule has 1 aromatic heterocycles. The standard InChI is InChI=1S/C15H20N4O4S/c1-4-11(10(2)19(22)23)8-12(18-21)9-17-14(20)13-6-5-7-16-15(13)24-3/h5-8,10,21H,4,9H2,1-3H3,(H,17,20)/b11-8+,18-12+. The van der Waals surface area contributed by atoms with Gasteiger partial charge in [-0.1, -0.05) is 12.1 Å². The lowest BCUT2D eigenvalue weighted by atomic mass is 10.0. The zero-order chi connectivity index (χ0) is 18.1. The molecule has 0 spiro atoms. The van der Waals surface area contributed by atoms with Gasteiger partial charge in [-0.25, -0.2) is 4.98 Å². The van der Waals surface area contributed by atoms with Crippen LogP contribution in [-0.4, -0.2) is 45.6 Å². The van der Waals surface area contributed by atoms with Crippen LogP contribution in [0.4, 0.5) is 0 Å². The normalized spacial score (nSPS) is 13.5. The van der Waals surface area contributed by atoms with Gasteiger partial charge in [0.15, 0.2) is 0 Å². The van der Waals surface area contributed by atoms with E-state index in [4.69, 9.17) is 5.21 Å². The van der Waals surface area contributed by atoms with Gasteiger partial charge in [0.1, 0.15) is 5.03 Å². The van der Waals surface area contributed by atoms with Gasteiger partial charge in [0.2, 0.25) is 6.04 Å². The van der Waals surface area contributed by atoms with Crippen LogP contribution in [0.25, 0.3) is 0 Å². The van der Waals surface area contributed by atoms with Gasteiger partial charge in [0.05, 0.1) is 17.8 Å². The molecule has 0 aliphatic rings. The van der Waals surface area contributed by atoms with Crippen molar-refractivity contribution in [3.05, 3.63) is 45.7 Å². The molecular formula is C15H20N4O4S. The molecule has 0 saturated heterocycles. The summed E-state index contributed by atoms with van der Waals surface area (Å²) in [6.07, 6.45) is 5.29.